The lowest BCUT2D eigenvalue weighted by Crippen LogP contribution is -1.93. The minimum Gasteiger partial charge on any atom is -0.134 e. The van der Waals surface area contributed by atoms with E-state index in [1.807, 2.05) is 19.9 Å². The fraction of sp³-hybridized carbons (Fsp3) is 0.333. The Hall–Kier alpha value is -0.610. The van der Waals surface area contributed by atoms with Crippen molar-refractivity contribution in [2.45, 2.75) is 13.8 Å². The molecule has 13 heavy (non-hydrogen) atoms. The maximum Gasteiger partial charge on any atom is 0.0192 e. The highest BCUT2D eigenvalue weighted by atomic mass is 31.0. The molecule has 0 saturated heterocycles. The van der Waals surface area contributed by atoms with E-state index >= 15 is 0 Å². The van der Waals surface area contributed by atoms with E-state index in [0.717, 1.165) is 11.7 Å². The molecule has 0 nitrogen and oxygen atoms in total. The number of hydrogen-bond acceptors (Lipinski definition) is 0. The van der Waals surface area contributed by atoms with Crippen LogP contribution in [-0.2, 0) is 0 Å². The summed E-state index contributed by atoms with van der Waals surface area (Å²) >= 11 is 0. The molecule has 0 saturated carbocycles. The van der Waals surface area contributed by atoms with Gasteiger partial charge in [-0.2, -0.15) is 0 Å². The molecule has 0 aromatic rings. The van der Waals surface area contributed by atoms with E-state index in [-0.39, 0.29) is 0 Å². The minimum atomic E-state index is 0.349. The summed E-state index contributed by atoms with van der Waals surface area (Å²) in [6.45, 7) is 8.06. The second-order valence-electron chi connectivity index (χ2n) is 2.79. The third-order valence-corrected chi connectivity index (χ3v) is 1.96. The number of rotatable bonds is 5. The molecule has 0 rings (SSSR count). The molecule has 0 radical (unpaired) electrons. The van der Waals surface area contributed by atoms with E-state index in [1.54, 1.807) is 0 Å². The summed E-state index contributed by atoms with van der Waals surface area (Å²) in [5.74, 6) is 0.349. The Bertz CT molecular complexity index is 221. The van der Waals surface area contributed by atoms with Gasteiger partial charge in [0.15, 0.2) is 0 Å². The summed E-state index contributed by atoms with van der Waals surface area (Å²) in [7, 11) is 2.68. The first-order valence-electron chi connectivity index (χ1n) is 4.57. The van der Waals surface area contributed by atoms with E-state index in [0.29, 0.717) is 5.92 Å². The summed E-state index contributed by atoms with van der Waals surface area (Å²) in [6, 6.07) is 0. The van der Waals surface area contributed by atoms with Crippen LogP contribution in [-0.4, -0.2) is 6.16 Å². The van der Waals surface area contributed by atoms with Crippen LogP contribution in [0.1, 0.15) is 13.8 Å². The van der Waals surface area contributed by atoms with Crippen LogP contribution in [0.25, 0.3) is 0 Å². The topological polar surface area (TPSA) is 0 Å². The van der Waals surface area contributed by atoms with Crippen molar-refractivity contribution in [3.8, 4) is 0 Å². The molecule has 0 amide bonds. The van der Waals surface area contributed by atoms with Crippen LogP contribution in [0.2, 0.25) is 0 Å². The van der Waals surface area contributed by atoms with Crippen LogP contribution in [0, 0.1) is 5.92 Å². The second kappa shape index (κ2) is 8.01. The summed E-state index contributed by atoms with van der Waals surface area (Å²) in [6.07, 6.45) is 13.6. The molecule has 1 heteroatoms. The summed E-state index contributed by atoms with van der Waals surface area (Å²) in [4.78, 5) is 0. The molecule has 2 unspecified atom stereocenters. The summed E-state index contributed by atoms with van der Waals surface area (Å²) in [5.41, 5.74) is 1.13. The van der Waals surface area contributed by atoms with E-state index in [1.165, 1.54) is 0 Å². The van der Waals surface area contributed by atoms with Crippen molar-refractivity contribution in [2.24, 2.45) is 5.92 Å². The van der Waals surface area contributed by atoms with Crippen LogP contribution in [0.5, 0.6) is 0 Å². The van der Waals surface area contributed by atoms with E-state index in [2.05, 4.69) is 46.2 Å². The average Bonchev–Trinajstić information content (AvgIpc) is 2.12. The van der Waals surface area contributed by atoms with Crippen LogP contribution < -0.4 is 0 Å². The first-order valence-corrected chi connectivity index (χ1v) is 5.39. The molecule has 0 spiro atoms. The van der Waals surface area contributed by atoms with Crippen molar-refractivity contribution in [2.75, 3.05) is 6.16 Å². The van der Waals surface area contributed by atoms with Crippen molar-refractivity contribution in [3.05, 3.63) is 48.6 Å². The monoisotopic (exact) mass is 194 g/mol. The maximum absolute atomic E-state index is 4.02. The molecule has 0 aromatic carbocycles. The van der Waals surface area contributed by atoms with Crippen LogP contribution >= 0.6 is 9.24 Å². The normalized spacial score (nSPS) is 14.7. The zero-order valence-corrected chi connectivity index (χ0v) is 9.69. The lowest BCUT2D eigenvalue weighted by molar-refractivity contribution is 1.00. The van der Waals surface area contributed by atoms with E-state index in [4.69, 9.17) is 0 Å². The van der Waals surface area contributed by atoms with Crippen LogP contribution in [0.15, 0.2) is 48.6 Å². The Labute approximate surface area is 84.3 Å². The molecule has 0 heterocycles. The molecule has 2 atom stereocenters. The van der Waals surface area contributed by atoms with Gasteiger partial charge in [-0.25, -0.2) is 0 Å². The van der Waals surface area contributed by atoms with Crippen molar-refractivity contribution in [1.82, 2.24) is 0 Å². The van der Waals surface area contributed by atoms with Gasteiger partial charge in [0.1, 0.15) is 0 Å². The Morgan fingerprint density at radius 1 is 1.31 bits per heavy atom. The van der Waals surface area contributed by atoms with Gasteiger partial charge < -0.3 is 0 Å². The van der Waals surface area contributed by atoms with Gasteiger partial charge in [0.25, 0.3) is 0 Å². The molecular formula is C12H19P. The highest BCUT2D eigenvalue weighted by molar-refractivity contribution is 7.16. The van der Waals surface area contributed by atoms with Crippen molar-refractivity contribution >= 4 is 9.24 Å². The van der Waals surface area contributed by atoms with Crippen LogP contribution in [0.3, 0.4) is 0 Å². The van der Waals surface area contributed by atoms with Gasteiger partial charge >= 0.3 is 0 Å². The molecule has 0 bridgehead atoms. The smallest absolute Gasteiger partial charge is 0.0192 e. The molecule has 0 N–H and O–H groups in total. The zero-order chi connectivity index (χ0) is 10.1. The molecule has 0 aromatic heterocycles. The molecule has 0 aliphatic rings. The molecule has 0 aliphatic heterocycles. The molecule has 0 fully saturated rings. The minimum absolute atomic E-state index is 0.349. The first-order chi connectivity index (χ1) is 6.26. The lowest BCUT2D eigenvalue weighted by Gasteiger charge is -2.06. The highest BCUT2D eigenvalue weighted by Gasteiger charge is 2.00. The molecule has 72 valence electrons. The second-order valence-corrected chi connectivity index (χ2v) is 3.26. The van der Waals surface area contributed by atoms with Gasteiger partial charge in [-0.15, -0.1) is 9.24 Å². The standard InChI is InChI=1S/C12H19P/c1-4-7-11(3)12(8-5-2)9-6-10-13/h4-9,12H,3,10,13H2,1-2H3. The van der Waals surface area contributed by atoms with E-state index in [9.17, 15) is 0 Å². The Balaban J connectivity index is 4.41. The maximum atomic E-state index is 4.02. The largest absolute Gasteiger partial charge is 0.134 e. The quantitative estimate of drug-likeness (QED) is 0.355. The fourth-order valence-electron chi connectivity index (χ4n) is 1.07. The third kappa shape index (κ3) is 5.60. The Morgan fingerprint density at radius 3 is 2.46 bits per heavy atom. The predicted octanol–water partition coefficient (Wildman–Crippen LogP) is 3.74. The van der Waals surface area contributed by atoms with Gasteiger partial charge in [-0.1, -0.05) is 43.0 Å². The van der Waals surface area contributed by atoms with E-state index < -0.39 is 0 Å². The summed E-state index contributed by atoms with van der Waals surface area (Å²) in [5, 5.41) is 0. The van der Waals surface area contributed by atoms with Gasteiger partial charge in [0.05, 0.1) is 0 Å². The average molecular weight is 194 g/mol. The molecule has 0 aliphatic carbocycles. The Kier molecular flexibility index (Phi) is 7.63. The predicted molar refractivity (Wildman–Crippen MR) is 66.0 cm³/mol. The zero-order valence-electron chi connectivity index (χ0n) is 8.53. The molecular weight excluding hydrogens is 175 g/mol. The van der Waals surface area contributed by atoms with Gasteiger partial charge in [-0.05, 0) is 25.6 Å². The Morgan fingerprint density at radius 2 is 2.00 bits per heavy atom. The lowest BCUT2D eigenvalue weighted by atomic mass is 9.99. The van der Waals surface area contributed by atoms with Crippen molar-refractivity contribution in [3.63, 3.8) is 0 Å². The van der Waals surface area contributed by atoms with Crippen molar-refractivity contribution < 1.29 is 0 Å². The fourth-order valence-corrected chi connectivity index (χ4v) is 1.23. The summed E-state index contributed by atoms with van der Waals surface area (Å²) < 4.78 is 0. The number of hydrogen-bond donors (Lipinski definition) is 0. The van der Waals surface area contributed by atoms with Crippen molar-refractivity contribution in [1.29, 1.82) is 0 Å². The van der Waals surface area contributed by atoms with Gasteiger partial charge in [-0.3, -0.25) is 0 Å². The number of allylic oxidation sites excluding steroid dienone is 7. The van der Waals surface area contributed by atoms with Crippen LogP contribution in [0.4, 0.5) is 0 Å². The SMILES string of the molecule is C=C(C=CC)C(C=CC)C=CCP. The highest BCUT2D eigenvalue weighted by Crippen LogP contribution is 2.14. The van der Waals surface area contributed by atoms with Gasteiger partial charge in [0.2, 0.25) is 0 Å². The first kappa shape index (κ1) is 12.4. The third-order valence-electron chi connectivity index (χ3n) is 1.69. The van der Waals surface area contributed by atoms with Gasteiger partial charge in [0, 0.05) is 5.92 Å².